The van der Waals surface area contributed by atoms with Gasteiger partial charge in [-0.15, -0.1) is 0 Å². The van der Waals surface area contributed by atoms with Gasteiger partial charge >= 0.3 is 6.03 Å². The normalized spacial score (nSPS) is 11.9. The van der Waals surface area contributed by atoms with Crippen LogP contribution in [-0.4, -0.2) is 30.8 Å². The maximum atomic E-state index is 11.4. The molecule has 0 fully saturated rings. The third-order valence-corrected chi connectivity index (χ3v) is 1.71. The molecule has 0 spiro atoms. The SMILES string of the molecule is COCC(C)NC(=O)Nc1cccnc1. The van der Waals surface area contributed by atoms with Gasteiger partial charge in [-0.3, -0.25) is 4.98 Å². The Labute approximate surface area is 88.9 Å². The van der Waals surface area contributed by atoms with Crippen LogP contribution >= 0.6 is 0 Å². The van der Waals surface area contributed by atoms with Gasteiger partial charge in [-0.05, 0) is 19.1 Å². The van der Waals surface area contributed by atoms with E-state index in [-0.39, 0.29) is 12.1 Å². The van der Waals surface area contributed by atoms with Crippen molar-refractivity contribution in [2.24, 2.45) is 0 Å². The second-order valence-corrected chi connectivity index (χ2v) is 3.20. The van der Waals surface area contributed by atoms with Gasteiger partial charge in [0.15, 0.2) is 0 Å². The second-order valence-electron chi connectivity index (χ2n) is 3.20. The highest BCUT2D eigenvalue weighted by atomic mass is 16.5. The molecule has 0 aliphatic heterocycles. The van der Waals surface area contributed by atoms with Crippen molar-refractivity contribution in [3.63, 3.8) is 0 Å². The number of pyridine rings is 1. The second kappa shape index (κ2) is 5.98. The highest BCUT2D eigenvalue weighted by Crippen LogP contribution is 2.01. The zero-order valence-electron chi connectivity index (χ0n) is 8.86. The van der Waals surface area contributed by atoms with Crippen LogP contribution in [0.1, 0.15) is 6.92 Å². The molecule has 1 aromatic heterocycles. The summed E-state index contributed by atoms with van der Waals surface area (Å²) >= 11 is 0. The van der Waals surface area contributed by atoms with Crippen LogP contribution in [0, 0.1) is 0 Å². The molecule has 1 rings (SSSR count). The monoisotopic (exact) mass is 209 g/mol. The number of aromatic nitrogens is 1. The van der Waals surface area contributed by atoms with Gasteiger partial charge in [0.25, 0.3) is 0 Å². The maximum Gasteiger partial charge on any atom is 0.319 e. The number of amides is 2. The quantitative estimate of drug-likeness (QED) is 0.784. The van der Waals surface area contributed by atoms with Gasteiger partial charge in [0.1, 0.15) is 0 Å². The van der Waals surface area contributed by atoms with Crippen molar-refractivity contribution in [3.05, 3.63) is 24.5 Å². The zero-order valence-corrected chi connectivity index (χ0v) is 8.86. The Hall–Kier alpha value is -1.62. The summed E-state index contributed by atoms with van der Waals surface area (Å²) < 4.78 is 4.90. The first kappa shape index (κ1) is 11.5. The van der Waals surface area contributed by atoms with E-state index in [2.05, 4.69) is 15.6 Å². The minimum atomic E-state index is -0.257. The standard InChI is InChI=1S/C10H15N3O2/c1-8(7-15-2)12-10(14)13-9-4-3-5-11-6-9/h3-6,8H,7H2,1-2H3,(H2,12,13,14). The minimum Gasteiger partial charge on any atom is -0.383 e. The van der Waals surface area contributed by atoms with Crippen LogP contribution in [0.4, 0.5) is 10.5 Å². The molecule has 0 aliphatic carbocycles. The average molecular weight is 209 g/mol. The molecular formula is C10H15N3O2. The molecule has 0 saturated heterocycles. The first-order valence-electron chi connectivity index (χ1n) is 4.69. The molecule has 0 bridgehead atoms. The number of ether oxygens (including phenoxy) is 1. The van der Waals surface area contributed by atoms with Gasteiger partial charge in [-0.25, -0.2) is 4.79 Å². The Balaban J connectivity index is 2.36. The Kier molecular flexibility index (Phi) is 4.56. The van der Waals surface area contributed by atoms with Crippen LogP contribution in [0.5, 0.6) is 0 Å². The van der Waals surface area contributed by atoms with Crippen LogP contribution in [0.2, 0.25) is 0 Å². The molecule has 1 heterocycles. The molecule has 1 unspecified atom stereocenters. The van der Waals surface area contributed by atoms with Crippen molar-refractivity contribution in [1.82, 2.24) is 10.3 Å². The molecule has 5 nitrogen and oxygen atoms in total. The van der Waals surface area contributed by atoms with E-state index in [9.17, 15) is 4.79 Å². The number of nitrogens with zero attached hydrogens (tertiary/aromatic N) is 1. The van der Waals surface area contributed by atoms with E-state index >= 15 is 0 Å². The molecule has 0 aromatic carbocycles. The van der Waals surface area contributed by atoms with Crippen LogP contribution < -0.4 is 10.6 Å². The molecule has 1 atom stereocenters. The van der Waals surface area contributed by atoms with Crippen molar-refractivity contribution < 1.29 is 9.53 Å². The number of urea groups is 1. The summed E-state index contributed by atoms with van der Waals surface area (Å²) in [5.41, 5.74) is 0.666. The highest BCUT2D eigenvalue weighted by molar-refractivity contribution is 5.89. The highest BCUT2D eigenvalue weighted by Gasteiger charge is 2.06. The van der Waals surface area contributed by atoms with Crippen molar-refractivity contribution >= 4 is 11.7 Å². The Morgan fingerprint density at radius 2 is 2.47 bits per heavy atom. The summed E-state index contributed by atoms with van der Waals surface area (Å²) in [6.45, 7) is 2.35. The van der Waals surface area contributed by atoms with E-state index in [1.807, 2.05) is 6.92 Å². The van der Waals surface area contributed by atoms with Crippen molar-refractivity contribution in [2.45, 2.75) is 13.0 Å². The van der Waals surface area contributed by atoms with E-state index in [1.165, 1.54) is 0 Å². The number of hydrogen-bond acceptors (Lipinski definition) is 3. The lowest BCUT2D eigenvalue weighted by Crippen LogP contribution is -2.38. The number of carbonyl (C=O) groups excluding carboxylic acids is 1. The van der Waals surface area contributed by atoms with Gasteiger partial charge in [-0.1, -0.05) is 0 Å². The molecule has 82 valence electrons. The molecule has 1 aromatic rings. The van der Waals surface area contributed by atoms with Gasteiger partial charge in [0, 0.05) is 13.3 Å². The number of rotatable bonds is 4. The van der Waals surface area contributed by atoms with E-state index < -0.39 is 0 Å². The molecule has 5 heteroatoms. The van der Waals surface area contributed by atoms with E-state index in [1.54, 1.807) is 31.6 Å². The van der Waals surface area contributed by atoms with Crippen molar-refractivity contribution in [3.8, 4) is 0 Å². The van der Waals surface area contributed by atoms with Gasteiger partial charge in [0.05, 0.1) is 24.5 Å². The minimum absolute atomic E-state index is 0.0216. The largest absolute Gasteiger partial charge is 0.383 e. The molecule has 2 amide bonds. The Morgan fingerprint density at radius 1 is 1.67 bits per heavy atom. The average Bonchev–Trinajstić information content (AvgIpc) is 2.19. The lowest BCUT2D eigenvalue weighted by molar-refractivity contribution is 0.173. The van der Waals surface area contributed by atoms with E-state index in [0.717, 1.165) is 0 Å². The lowest BCUT2D eigenvalue weighted by Gasteiger charge is -2.13. The summed E-state index contributed by atoms with van der Waals surface area (Å²) in [5.74, 6) is 0. The number of carbonyl (C=O) groups is 1. The third kappa shape index (κ3) is 4.42. The third-order valence-electron chi connectivity index (χ3n) is 1.71. The molecule has 0 radical (unpaired) electrons. The molecule has 2 N–H and O–H groups in total. The molecule has 0 aliphatic rings. The first-order chi connectivity index (χ1) is 7.22. The summed E-state index contributed by atoms with van der Waals surface area (Å²) in [6.07, 6.45) is 3.23. The van der Waals surface area contributed by atoms with Crippen molar-refractivity contribution in [2.75, 3.05) is 19.0 Å². The van der Waals surface area contributed by atoms with Gasteiger partial charge < -0.3 is 15.4 Å². The van der Waals surface area contributed by atoms with Crippen LogP contribution in [-0.2, 0) is 4.74 Å². The Bertz CT molecular complexity index is 303. The van der Waals surface area contributed by atoms with E-state index in [0.29, 0.717) is 12.3 Å². The predicted octanol–water partition coefficient (Wildman–Crippen LogP) is 1.24. The summed E-state index contributed by atoms with van der Waals surface area (Å²) in [6, 6.07) is 3.25. The first-order valence-corrected chi connectivity index (χ1v) is 4.69. The summed E-state index contributed by atoms with van der Waals surface area (Å²) in [4.78, 5) is 15.3. The number of anilines is 1. The lowest BCUT2D eigenvalue weighted by atomic mass is 10.4. The number of hydrogen-bond donors (Lipinski definition) is 2. The zero-order chi connectivity index (χ0) is 11.1. The predicted molar refractivity (Wildman–Crippen MR) is 57.7 cm³/mol. The van der Waals surface area contributed by atoms with Crippen LogP contribution in [0.15, 0.2) is 24.5 Å². The Morgan fingerprint density at radius 3 is 3.07 bits per heavy atom. The fourth-order valence-electron chi connectivity index (χ4n) is 1.12. The summed E-state index contributed by atoms with van der Waals surface area (Å²) in [5, 5.41) is 5.39. The topological polar surface area (TPSA) is 63.2 Å². The van der Waals surface area contributed by atoms with Crippen molar-refractivity contribution in [1.29, 1.82) is 0 Å². The number of methoxy groups -OCH3 is 1. The summed E-state index contributed by atoms with van der Waals surface area (Å²) in [7, 11) is 1.59. The van der Waals surface area contributed by atoms with E-state index in [4.69, 9.17) is 4.74 Å². The molecule has 15 heavy (non-hydrogen) atoms. The molecular weight excluding hydrogens is 194 g/mol. The fourth-order valence-corrected chi connectivity index (χ4v) is 1.12. The van der Waals surface area contributed by atoms with Crippen LogP contribution in [0.25, 0.3) is 0 Å². The van der Waals surface area contributed by atoms with Gasteiger partial charge in [-0.2, -0.15) is 0 Å². The van der Waals surface area contributed by atoms with Crippen LogP contribution in [0.3, 0.4) is 0 Å². The smallest absolute Gasteiger partial charge is 0.319 e. The molecule has 0 saturated carbocycles. The van der Waals surface area contributed by atoms with Gasteiger partial charge in [0.2, 0.25) is 0 Å². The fraction of sp³-hybridized carbons (Fsp3) is 0.400. The maximum absolute atomic E-state index is 11.4. The number of nitrogens with one attached hydrogen (secondary N) is 2.